The van der Waals surface area contributed by atoms with Gasteiger partial charge >= 0.3 is 0 Å². The highest BCUT2D eigenvalue weighted by molar-refractivity contribution is 9.10. The number of rotatable bonds is 2. The van der Waals surface area contributed by atoms with Crippen molar-refractivity contribution >= 4 is 26.0 Å². The fraction of sp³-hybridized carbons (Fsp3) is 0.286. The Labute approximate surface area is 136 Å². The zero-order valence-corrected chi connectivity index (χ0v) is 14.2. The Hall–Kier alpha value is -1.51. The lowest BCUT2D eigenvalue weighted by atomic mass is 10.1. The first-order valence-electron chi connectivity index (χ1n) is 6.72. The minimum absolute atomic E-state index is 0.0519. The number of hydrogen-bond donors (Lipinski definition) is 1. The van der Waals surface area contributed by atoms with Gasteiger partial charge in [0.05, 0.1) is 16.2 Å². The zero-order valence-electron chi connectivity index (χ0n) is 11.8. The fourth-order valence-corrected chi connectivity index (χ4v) is 4.16. The highest BCUT2D eigenvalue weighted by atomic mass is 79.9. The minimum Gasteiger partial charge on any atom is -0.310 e. The second kappa shape index (κ2) is 5.60. The van der Waals surface area contributed by atoms with Gasteiger partial charge in [0.15, 0.2) is 0 Å². The average molecular weight is 384 g/mol. The normalized spacial score (nSPS) is 15.5. The van der Waals surface area contributed by atoms with E-state index in [1.807, 2.05) is 0 Å². The summed E-state index contributed by atoms with van der Waals surface area (Å²) < 4.78 is 27.5. The van der Waals surface area contributed by atoms with Gasteiger partial charge in [-0.3, -0.25) is 4.79 Å². The van der Waals surface area contributed by atoms with Gasteiger partial charge in [-0.2, -0.15) is 4.31 Å². The molecule has 0 unspecified atom stereocenters. The van der Waals surface area contributed by atoms with E-state index in [4.69, 9.17) is 0 Å². The summed E-state index contributed by atoms with van der Waals surface area (Å²) >= 11 is 3.28. The van der Waals surface area contributed by atoms with Gasteiger partial charge in [-0.25, -0.2) is 13.4 Å². The van der Waals surface area contributed by atoms with Crippen molar-refractivity contribution in [1.82, 2.24) is 14.3 Å². The van der Waals surface area contributed by atoms with Crippen LogP contribution in [0.15, 0.2) is 38.4 Å². The highest BCUT2D eigenvalue weighted by Gasteiger charge is 2.30. The monoisotopic (exact) mass is 383 g/mol. The van der Waals surface area contributed by atoms with Gasteiger partial charge < -0.3 is 4.98 Å². The second-order valence-corrected chi connectivity index (χ2v) is 7.97. The van der Waals surface area contributed by atoms with Crippen LogP contribution in [0.4, 0.5) is 0 Å². The Bertz CT molecular complexity index is 875. The maximum atomic E-state index is 12.7. The van der Waals surface area contributed by atoms with E-state index < -0.39 is 10.0 Å². The van der Waals surface area contributed by atoms with Crippen molar-refractivity contribution in [2.45, 2.75) is 24.8 Å². The summed E-state index contributed by atoms with van der Waals surface area (Å²) in [6.07, 6.45) is 0.440. The summed E-state index contributed by atoms with van der Waals surface area (Å²) in [6, 6.07) is 6.46. The van der Waals surface area contributed by atoms with Crippen molar-refractivity contribution in [2.24, 2.45) is 0 Å². The third-order valence-corrected chi connectivity index (χ3v) is 5.99. The second-order valence-electron chi connectivity index (χ2n) is 5.12. The van der Waals surface area contributed by atoms with Gasteiger partial charge in [-0.05, 0) is 31.2 Å². The number of halogens is 1. The SMILES string of the molecule is Cc1nc2c(c(=O)[nH]1)CN(S(=O)(=O)c1ccc(Br)cc1)CC2. The molecule has 0 radical (unpaired) electrons. The first-order valence-corrected chi connectivity index (χ1v) is 8.95. The molecule has 1 aliphatic heterocycles. The maximum absolute atomic E-state index is 12.7. The molecule has 22 heavy (non-hydrogen) atoms. The number of H-pyrrole nitrogens is 1. The smallest absolute Gasteiger partial charge is 0.255 e. The molecule has 1 aromatic carbocycles. The number of nitrogens with zero attached hydrogens (tertiary/aromatic N) is 2. The minimum atomic E-state index is -3.62. The maximum Gasteiger partial charge on any atom is 0.255 e. The van der Waals surface area contributed by atoms with Crippen LogP contribution in [-0.2, 0) is 23.0 Å². The molecule has 0 spiro atoms. The molecule has 116 valence electrons. The van der Waals surface area contributed by atoms with Gasteiger partial charge in [0.25, 0.3) is 5.56 Å². The molecule has 3 rings (SSSR count). The standard InChI is InChI=1S/C14H14BrN3O3S/c1-9-16-13-6-7-18(8-12(13)14(19)17-9)22(20,21)11-4-2-10(15)3-5-11/h2-5H,6-8H2,1H3,(H,16,17,19). The molecule has 0 bridgehead atoms. The van der Waals surface area contributed by atoms with E-state index in [0.29, 0.717) is 30.0 Å². The summed E-state index contributed by atoms with van der Waals surface area (Å²) in [5, 5.41) is 0. The lowest BCUT2D eigenvalue weighted by molar-refractivity contribution is 0.384. The number of sulfonamides is 1. The molecule has 0 saturated carbocycles. The topological polar surface area (TPSA) is 83.1 Å². The van der Waals surface area contributed by atoms with E-state index in [0.717, 1.165) is 4.47 Å². The van der Waals surface area contributed by atoms with Crippen LogP contribution in [0, 0.1) is 6.92 Å². The number of nitrogens with one attached hydrogen (secondary N) is 1. The van der Waals surface area contributed by atoms with Crippen molar-refractivity contribution in [3.63, 3.8) is 0 Å². The quantitative estimate of drug-likeness (QED) is 0.853. The predicted octanol–water partition coefficient (Wildman–Crippen LogP) is 1.59. The fourth-order valence-electron chi connectivity index (χ4n) is 2.49. The zero-order chi connectivity index (χ0) is 15.9. The van der Waals surface area contributed by atoms with Crippen LogP contribution in [0.25, 0.3) is 0 Å². The molecule has 0 atom stereocenters. The summed E-state index contributed by atoms with van der Waals surface area (Å²) in [4.78, 5) is 19.1. The predicted molar refractivity (Wildman–Crippen MR) is 85.0 cm³/mol. The largest absolute Gasteiger partial charge is 0.310 e. The number of aromatic nitrogens is 2. The Kier molecular flexibility index (Phi) is 3.92. The summed E-state index contributed by atoms with van der Waals surface area (Å²) in [5.41, 5.74) is 0.847. The van der Waals surface area contributed by atoms with Crippen molar-refractivity contribution in [2.75, 3.05) is 6.54 Å². The van der Waals surface area contributed by atoms with E-state index in [1.165, 1.54) is 4.31 Å². The van der Waals surface area contributed by atoms with Crippen LogP contribution >= 0.6 is 15.9 Å². The van der Waals surface area contributed by atoms with E-state index >= 15 is 0 Å². The molecule has 2 aromatic rings. The Morgan fingerprint density at radius 2 is 1.95 bits per heavy atom. The van der Waals surface area contributed by atoms with Crippen molar-refractivity contribution in [3.05, 3.63) is 56.2 Å². The Morgan fingerprint density at radius 3 is 2.64 bits per heavy atom. The van der Waals surface area contributed by atoms with Crippen LogP contribution < -0.4 is 5.56 Å². The molecule has 1 aromatic heterocycles. The first-order chi connectivity index (χ1) is 10.4. The van der Waals surface area contributed by atoms with E-state index in [-0.39, 0.29) is 17.0 Å². The van der Waals surface area contributed by atoms with Crippen LogP contribution in [0.1, 0.15) is 17.1 Å². The van der Waals surface area contributed by atoms with Gasteiger partial charge in [-0.1, -0.05) is 15.9 Å². The van der Waals surface area contributed by atoms with E-state index in [9.17, 15) is 13.2 Å². The molecule has 0 fully saturated rings. The first kappa shape index (κ1) is 15.4. The molecule has 2 heterocycles. The van der Waals surface area contributed by atoms with Crippen molar-refractivity contribution in [1.29, 1.82) is 0 Å². The molecule has 0 amide bonds. The molecule has 1 N–H and O–H groups in total. The number of aromatic amines is 1. The third-order valence-electron chi connectivity index (χ3n) is 3.60. The third kappa shape index (κ3) is 2.73. The van der Waals surface area contributed by atoms with Crippen LogP contribution in [0.2, 0.25) is 0 Å². The molecule has 1 aliphatic rings. The highest BCUT2D eigenvalue weighted by Crippen LogP contribution is 2.23. The lowest BCUT2D eigenvalue weighted by Gasteiger charge is -2.27. The number of benzene rings is 1. The van der Waals surface area contributed by atoms with Crippen LogP contribution in [0.5, 0.6) is 0 Å². The summed E-state index contributed by atoms with van der Waals surface area (Å²) in [5.74, 6) is 0.549. The summed E-state index contributed by atoms with van der Waals surface area (Å²) in [6.45, 7) is 2.09. The molecular weight excluding hydrogens is 370 g/mol. The van der Waals surface area contributed by atoms with E-state index in [1.54, 1.807) is 31.2 Å². The van der Waals surface area contributed by atoms with Gasteiger partial charge in [0.2, 0.25) is 10.0 Å². The van der Waals surface area contributed by atoms with Gasteiger partial charge in [-0.15, -0.1) is 0 Å². The van der Waals surface area contributed by atoms with Crippen molar-refractivity contribution < 1.29 is 8.42 Å². The molecule has 0 saturated heterocycles. The molecule has 0 aliphatic carbocycles. The van der Waals surface area contributed by atoms with E-state index in [2.05, 4.69) is 25.9 Å². The lowest BCUT2D eigenvalue weighted by Crippen LogP contribution is -2.39. The van der Waals surface area contributed by atoms with Gasteiger partial charge in [0.1, 0.15) is 5.82 Å². The molecule has 6 nitrogen and oxygen atoms in total. The number of fused-ring (bicyclic) bond motifs is 1. The van der Waals surface area contributed by atoms with Crippen LogP contribution in [0.3, 0.4) is 0 Å². The summed E-state index contributed by atoms with van der Waals surface area (Å²) in [7, 11) is -3.62. The molecular formula is C14H14BrN3O3S. The average Bonchev–Trinajstić information content (AvgIpc) is 2.47. The molecule has 8 heteroatoms. The van der Waals surface area contributed by atoms with Gasteiger partial charge in [0, 0.05) is 24.0 Å². The van der Waals surface area contributed by atoms with Crippen LogP contribution in [-0.4, -0.2) is 29.2 Å². The van der Waals surface area contributed by atoms with Crippen molar-refractivity contribution in [3.8, 4) is 0 Å². The Morgan fingerprint density at radius 1 is 1.27 bits per heavy atom. The number of aryl methyl sites for hydroxylation is 1. The number of hydrogen-bond acceptors (Lipinski definition) is 4. The Balaban J connectivity index is 1.97.